The van der Waals surface area contributed by atoms with Crippen LogP contribution in [-0.4, -0.2) is 57.0 Å². The van der Waals surface area contributed by atoms with Gasteiger partial charge in [0.25, 0.3) is 0 Å². The number of hydrogen-bond donors (Lipinski definition) is 0. The molecule has 0 bridgehead atoms. The second-order valence-corrected chi connectivity index (χ2v) is 9.24. The van der Waals surface area contributed by atoms with Gasteiger partial charge in [-0.2, -0.15) is 0 Å². The maximum absolute atomic E-state index is 12.9. The van der Waals surface area contributed by atoms with Crippen LogP contribution < -0.4 is 4.90 Å². The van der Waals surface area contributed by atoms with Gasteiger partial charge in [0.05, 0.1) is 5.25 Å². The van der Waals surface area contributed by atoms with E-state index < -0.39 is 0 Å². The number of thioether (sulfide) groups is 1. The summed E-state index contributed by atoms with van der Waals surface area (Å²) in [5, 5.41) is 9.88. The van der Waals surface area contributed by atoms with E-state index in [0.717, 1.165) is 50.1 Å². The van der Waals surface area contributed by atoms with Gasteiger partial charge in [0.1, 0.15) is 0 Å². The van der Waals surface area contributed by atoms with Gasteiger partial charge in [-0.1, -0.05) is 24.6 Å². The molecule has 1 aromatic heterocycles. The summed E-state index contributed by atoms with van der Waals surface area (Å²) in [7, 11) is 0. The minimum atomic E-state index is -0.0935. The van der Waals surface area contributed by atoms with Gasteiger partial charge in [0, 0.05) is 32.2 Å². The first-order valence-corrected chi connectivity index (χ1v) is 11.3. The fourth-order valence-corrected chi connectivity index (χ4v) is 5.07. The largest absolute Gasteiger partial charge is 0.342 e. The molecular formula is C19H31N5OS. The molecule has 2 aliphatic heterocycles. The van der Waals surface area contributed by atoms with Crippen LogP contribution in [-0.2, 0) is 4.79 Å². The van der Waals surface area contributed by atoms with Crippen molar-refractivity contribution in [2.75, 3.05) is 31.1 Å². The average Bonchev–Trinajstić information content (AvgIpc) is 3.47. The first-order chi connectivity index (χ1) is 12.7. The predicted octanol–water partition coefficient (Wildman–Crippen LogP) is 3.49. The molecule has 0 aromatic carbocycles. The zero-order valence-corrected chi connectivity index (χ0v) is 16.7. The smallest absolute Gasteiger partial charge is 0.235 e. The zero-order chi connectivity index (χ0) is 17.9. The molecule has 0 N–H and O–H groups in total. The summed E-state index contributed by atoms with van der Waals surface area (Å²) in [5.41, 5.74) is 0. The van der Waals surface area contributed by atoms with Gasteiger partial charge in [0.15, 0.2) is 5.16 Å². The SMILES string of the molecule is CC(Sc1nnc(N2CCCCC2)n1C1CC1)C(=O)N1CCCCCC1. The van der Waals surface area contributed by atoms with Crippen molar-refractivity contribution in [2.45, 2.75) is 81.2 Å². The predicted molar refractivity (Wildman–Crippen MR) is 105 cm³/mol. The van der Waals surface area contributed by atoms with E-state index in [1.54, 1.807) is 11.8 Å². The molecule has 6 nitrogen and oxygen atoms in total. The normalized spacial score (nSPS) is 23.0. The molecule has 1 unspecified atom stereocenters. The number of amides is 1. The number of likely N-dealkylation sites (tertiary alicyclic amines) is 1. The Morgan fingerprint density at radius 1 is 0.962 bits per heavy atom. The van der Waals surface area contributed by atoms with Crippen LogP contribution >= 0.6 is 11.8 Å². The van der Waals surface area contributed by atoms with Crippen molar-refractivity contribution in [1.29, 1.82) is 0 Å². The van der Waals surface area contributed by atoms with Crippen LogP contribution in [0, 0.1) is 0 Å². The number of carbonyl (C=O) groups excluding carboxylic acids is 1. The maximum atomic E-state index is 12.9. The number of hydrogen-bond acceptors (Lipinski definition) is 5. The second kappa shape index (κ2) is 8.19. The highest BCUT2D eigenvalue weighted by atomic mass is 32.2. The van der Waals surface area contributed by atoms with Crippen LogP contribution in [0.5, 0.6) is 0 Å². The van der Waals surface area contributed by atoms with Gasteiger partial charge < -0.3 is 9.80 Å². The monoisotopic (exact) mass is 377 g/mol. The van der Waals surface area contributed by atoms with Crippen LogP contribution in [0.4, 0.5) is 5.95 Å². The Labute approximate surface area is 160 Å². The lowest BCUT2D eigenvalue weighted by Crippen LogP contribution is -2.37. The summed E-state index contributed by atoms with van der Waals surface area (Å²) in [6, 6.07) is 0.532. The molecule has 2 saturated heterocycles. The summed E-state index contributed by atoms with van der Waals surface area (Å²) in [5.74, 6) is 1.30. The Hall–Kier alpha value is -1.24. The lowest BCUT2D eigenvalue weighted by atomic mass is 10.1. The molecule has 0 spiro atoms. The van der Waals surface area contributed by atoms with E-state index in [-0.39, 0.29) is 11.2 Å². The fraction of sp³-hybridized carbons (Fsp3) is 0.842. The van der Waals surface area contributed by atoms with Gasteiger partial charge >= 0.3 is 0 Å². The summed E-state index contributed by atoms with van der Waals surface area (Å²) >= 11 is 1.60. The Balaban J connectivity index is 1.47. The molecule has 7 heteroatoms. The van der Waals surface area contributed by atoms with E-state index in [1.165, 1.54) is 44.9 Å². The summed E-state index contributed by atoms with van der Waals surface area (Å²) in [6.07, 6.45) is 11.0. The third-order valence-electron chi connectivity index (χ3n) is 5.75. The van der Waals surface area contributed by atoms with Gasteiger partial charge in [0.2, 0.25) is 11.9 Å². The lowest BCUT2D eigenvalue weighted by Gasteiger charge is -2.28. The number of rotatable bonds is 5. The number of piperidine rings is 1. The first-order valence-electron chi connectivity index (χ1n) is 10.4. The van der Waals surface area contributed by atoms with Gasteiger partial charge in [-0.15, -0.1) is 10.2 Å². The van der Waals surface area contributed by atoms with Crippen molar-refractivity contribution in [3.05, 3.63) is 0 Å². The molecule has 0 radical (unpaired) electrons. The van der Waals surface area contributed by atoms with Crippen LogP contribution in [0.2, 0.25) is 0 Å². The van der Waals surface area contributed by atoms with Crippen LogP contribution in [0.1, 0.15) is 70.8 Å². The second-order valence-electron chi connectivity index (χ2n) is 7.93. The van der Waals surface area contributed by atoms with Crippen molar-refractivity contribution in [1.82, 2.24) is 19.7 Å². The van der Waals surface area contributed by atoms with Gasteiger partial charge in [-0.25, -0.2) is 0 Å². The Kier molecular flexibility index (Phi) is 5.72. The first kappa shape index (κ1) is 18.1. The minimum Gasteiger partial charge on any atom is -0.342 e. The molecule has 3 fully saturated rings. The van der Waals surface area contributed by atoms with E-state index in [0.29, 0.717) is 6.04 Å². The minimum absolute atomic E-state index is 0.0935. The van der Waals surface area contributed by atoms with E-state index in [1.807, 2.05) is 6.92 Å². The van der Waals surface area contributed by atoms with E-state index in [9.17, 15) is 4.79 Å². The highest BCUT2D eigenvalue weighted by Gasteiger charge is 2.33. The Bertz CT molecular complexity index is 615. The molecule has 1 atom stereocenters. The Morgan fingerprint density at radius 2 is 1.58 bits per heavy atom. The average molecular weight is 378 g/mol. The number of carbonyl (C=O) groups is 1. The van der Waals surface area contributed by atoms with Crippen molar-refractivity contribution in [3.63, 3.8) is 0 Å². The summed E-state index contributed by atoms with van der Waals surface area (Å²) in [6.45, 7) is 6.02. The molecule has 26 heavy (non-hydrogen) atoms. The van der Waals surface area contributed by atoms with Crippen molar-refractivity contribution in [3.8, 4) is 0 Å². The zero-order valence-electron chi connectivity index (χ0n) is 15.9. The topological polar surface area (TPSA) is 54.3 Å². The van der Waals surface area contributed by atoms with E-state index >= 15 is 0 Å². The van der Waals surface area contributed by atoms with Crippen LogP contribution in [0.25, 0.3) is 0 Å². The molecule has 3 aliphatic rings. The van der Waals surface area contributed by atoms with Crippen molar-refractivity contribution < 1.29 is 4.79 Å². The molecule has 1 saturated carbocycles. The summed E-state index contributed by atoms with van der Waals surface area (Å²) in [4.78, 5) is 17.4. The van der Waals surface area contributed by atoms with E-state index in [2.05, 4.69) is 24.6 Å². The third-order valence-corrected chi connectivity index (χ3v) is 6.79. The standard InChI is InChI=1S/C19H31N5OS/c1-15(17(25)22-11-5-2-3-6-12-22)26-19-21-20-18(24(19)16-9-10-16)23-13-7-4-8-14-23/h15-16H,2-14H2,1H3. The third kappa shape index (κ3) is 4.02. The highest BCUT2D eigenvalue weighted by molar-refractivity contribution is 8.00. The number of anilines is 1. The van der Waals surface area contributed by atoms with Crippen molar-refractivity contribution in [2.24, 2.45) is 0 Å². The molecule has 1 aromatic rings. The molecular weight excluding hydrogens is 346 g/mol. The molecule has 1 amide bonds. The molecule has 3 heterocycles. The lowest BCUT2D eigenvalue weighted by molar-refractivity contribution is -0.130. The number of nitrogens with zero attached hydrogens (tertiary/aromatic N) is 5. The van der Waals surface area contributed by atoms with Crippen LogP contribution in [0.15, 0.2) is 5.16 Å². The summed E-state index contributed by atoms with van der Waals surface area (Å²) < 4.78 is 2.32. The fourth-order valence-electron chi connectivity index (χ4n) is 4.07. The van der Waals surface area contributed by atoms with Gasteiger partial charge in [-0.3, -0.25) is 9.36 Å². The highest BCUT2D eigenvalue weighted by Crippen LogP contribution is 2.42. The number of aromatic nitrogens is 3. The quantitative estimate of drug-likeness (QED) is 0.735. The maximum Gasteiger partial charge on any atom is 0.235 e. The van der Waals surface area contributed by atoms with Crippen LogP contribution in [0.3, 0.4) is 0 Å². The van der Waals surface area contributed by atoms with Gasteiger partial charge in [-0.05, 0) is 51.9 Å². The van der Waals surface area contributed by atoms with Crippen molar-refractivity contribution >= 4 is 23.6 Å². The molecule has 1 aliphatic carbocycles. The van der Waals surface area contributed by atoms with E-state index in [4.69, 9.17) is 0 Å². The molecule has 144 valence electrons. The molecule has 4 rings (SSSR count). The Morgan fingerprint density at radius 3 is 2.23 bits per heavy atom.